The first-order valence-electron chi connectivity index (χ1n) is 7.86. The lowest BCUT2D eigenvalue weighted by molar-refractivity contribution is -0.682. The van der Waals surface area contributed by atoms with E-state index in [4.69, 9.17) is 21.1 Å². The summed E-state index contributed by atoms with van der Waals surface area (Å²) in [5.74, 6) is 1.47. The van der Waals surface area contributed by atoms with Gasteiger partial charge in [0.05, 0.1) is 0 Å². The summed E-state index contributed by atoms with van der Waals surface area (Å²) >= 11 is 5.89. The molecule has 0 unspecified atom stereocenters. The summed E-state index contributed by atoms with van der Waals surface area (Å²) in [5.41, 5.74) is 2.13. The van der Waals surface area contributed by atoms with Crippen LogP contribution in [0.15, 0.2) is 42.5 Å². The highest BCUT2D eigenvalue weighted by molar-refractivity contribution is 6.30. The Morgan fingerprint density at radius 2 is 1.96 bits per heavy atom. The number of nitrogens with one attached hydrogen (secondary N) is 1. The molecule has 2 aromatic carbocycles. The van der Waals surface area contributed by atoms with E-state index in [9.17, 15) is 4.79 Å². The van der Waals surface area contributed by atoms with Crippen LogP contribution in [0.5, 0.6) is 11.5 Å². The van der Waals surface area contributed by atoms with Crippen molar-refractivity contribution in [2.45, 2.75) is 19.5 Å². The first-order chi connectivity index (χ1) is 11.6. The lowest BCUT2D eigenvalue weighted by Crippen LogP contribution is -2.87. The van der Waals surface area contributed by atoms with Crippen LogP contribution in [0.3, 0.4) is 0 Å². The number of nitrogens with two attached hydrogens (primary N) is 1. The van der Waals surface area contributed by atoms with Gasteiger partial charge in [0.2, 0.25) is 6.79 Å². The Hall–Kier alpha value is -2.24. The summed E-state index contributed by atoms with van der Waals surface area (Å²) in [4.78, 5) is 12.0. The minimum Gasteiger partial charge on any atom is -0.454 e. The molecule has 0 aliphatic carbocycles. The molecule has 0 bridgehead atoms. The molecule has 0 fully saturated rings. The second-order valence-corrected chi connectivity index (χ2v) is 6.18. The normalized spacial score (nSPS) is 13.6. The van der Waals surface area contributed by atoms with Crippen molar-refractivity contribution in [3.63, 3.8) is 0 Å². The minimum atomic E-state index is -0.00604. The van der Waals surface area contributed by atoms with Gasteiger partial charge >= 0.3 is 0 Å². The number of fused-ring (bicyclic) bond motifs is 1. The number of carbonyl (C=O) groups is 1. The molecule has 24 heavy (non-hydrogen) atoms. The molecule has 2 aromatic rings. The van der Waals surface area contributed by atoms with Crippen molar-refractivity contribution < 1.29 is 19.6 Å². The van der Waals surface area contributed by atoms with E-state index in [0.29, 0.717) is 18.1 Å². The molecular formula is C18H20ClN2O3+. The molecule has 3 N–H and O–H groups in total. The number of benzene rings is 2. The van der Waals surface area contributed by atoms with E-state index in [1.54, 1.807) is 0 Å². The lowest BCUT2D eigenvalue weighted by Gasteiger charge is -2.11. The molecule has 0 aromatic heterocycles. The number of amides is 1. The van der Waals surface area contributed by atoms with E-state index in [1.165, 1.54) is 0 Å². The molecule has 6 heteroatoms. The third kappa shape index (κ3) is 4.19. The van der Waals surface area contributed by atoms with Crippen LogP contribution in [0, 0.1) is 0 Å². The largest absolute Gasteiger partial charge is 0.454 e. The molecule has 1 aliphatic heterocycles. The maximum atomic E-state index is 12.0. The van der Waals surface area contributed by atoms with Crippen LogP contribution in [-0.4, -0.2) is 19.2 Å². The molecular weight excluding hydrogens is 328 g/mol. The Labute approximate surface area is 145 Å². The van der Waals surface area contributed by atoms with Crippen LogP contribution in [0.4, 0.5) is 0 Å². The molecule has 1 amide bonds. The Bertz CT molecular complexity index is 719. The van der Waals surface area contributed by atoms with Crippen LogP contribution < -0.4 is 20.1 Å². The summed E-state index contributed by atoms with van der Waals surface area (Å²) in [5, 5.41) is 5.63. The standard InChI is InChI=1S/C18H19ClN2O3/c1-12(14-3-5-15(19)6-4-14)20-10-18(22)21-9-13-2-7-16-17(8-13)24-11-23-16/h2-8,12,20H,9-11H2,1H3,(H,21,22)/p+1/t12-/m0/s1. The predicted molar refractivity (Wildman–Crippen MR) is 91.1 cm³/mol. The van der Waals surface area contributed by atoms with Gasteiger partial charge in [0, 0.05) is 17.1 Å². The highest BCUT2D eigenvalue weighted by Crippen LogP contribution is 2.32. The van der Waals surface area contributed by atoms with Gasteiger partial charge in [-0.3, -0.25) is 4.79 Å². The van der Waals surface area contributed by atoms with E-state index < -0.39 is 0 Å². The molecule has 0 saturated heterocycles. The first kappa shape index (κ1) is 16.6. The molecule has 126 valence electrons. The Morgan fingerprint density at radius 1 is 1.21 bits per heavy atom. The maximum Gasteiger partial charge on any atom is 0.275 e. The molecule has 1 aliphatic rings. The molecule has 0 spiro atoms. The maximum absolute atomic E-state index is 12.0. The summed E-state index contributed by atoms with van der Waals surface area (Å²) in [6.07, 6.45) is 0. The quantitative estimate of drug-likeness (QED) is 0.840. The number of hydrogen-bond donors (Lipinski definition) is 2. The number of carbonyl (C=O) groups excluding carboxylic acids is 1. The van der Waals surface area contributed by atoms with Crippen molar-refractivity contribution in [3.05, 3.63) is 58.6 Å². The number of halogens is 1. The average molecular weight is 348 g/mol. The van der Waals surface area contributed by atoms with Crippen molar-refractivity contribution in [2.24, 2.45) is 0 Å². The third-order valence-corrected chi connectivity index (χ3v) is 4.23. The smallest absolute Gasteiger partial charge is 0.275 e. The number of rotatable bonds is 6. The van der Waals surface area contributed by atoms with Gasteiger partial charge in [-0.05, 0) is 36.8 Å². The Kier molecular flexibility index (Phi) is 5.23. The first-order valence-corrected chi connectivity index (χ1v) is 8.23. The SMILES string of the molecule is C[C@H]([NH2+]CC(=O)NCc1ccc2c(c1)OCO2)c1ccc(Cl)cc1. The fourth-order valence-electron chi connectivity index (χ4n) is 2.51. The zero-order valence-corrected chi connectivity index (χ0v) is 14.2. The minimum absolute atomic E-state index is 0.00604. The van der Waals surface area contributed by atoms with E-state index in [1.807, 2.05) is 47.8 Å². The van der Waals surface area contributed by atoms with Crippen molar-refractivity contribution in [3.8, 4) is 11.5 Å². The van der Waals surface area contributed by atoms with Gasteiger partial charge in [0.1, 0.15) is 6.04 Å². The molecule has 0 radical (unpaired) electrons. The summed E-state index contributed by atoms with van der Waals surface area (Å²) in [6.45, 7) is 3.16. The van der Waals surface area contributed by atoms with Gasteiger partial charge < -0.3 is 20.1 Å². The highest BCUT2D eigenvalue weighted by Gasteiger charge is 2.14. The fourth-order valence-corrected chi connectivity index (χ4v) is 2.64. The van der Waals surface area contributed by atoms with Gasteiger partial charge in [0.15, 0.2) is 18.0 Å². The van der Waals surface area contributed by atoms with Crippen LogP contribution >= 0.6 is 11.6 Å². The zero-order chi connectivity index (χ0) is 16.9. The van der Waals surface area contributed by atoms with Gasteiger partial charge in [-0.25, -0.2) is 0 Å². The molecule has 0 saturated carbocycles. The number of ether oxygens (including phenoxy) is 2. The predicted octanol–water partition coefficient (Wildman–Crippen LogP) is 2.01. The van der Waals surface area contributed by atoms with Crippen LogP contribution in [-0.2, 0) is 11.3 Å². The van der Waals surface area contributed by atoms with E-state index in [0.717, 1.165) is 22.6 Å². The van der Waals surface area contributed by atoms with Crippen LogP contribution in [0.2, 0.25) is 5.02 Å². The van der Waals surface area contributed by atoms with Crippen LogP contribution in [0.25, 0.3) is 0 Å². The van der Waals surface area contributed by atoms with Gasteiger partial charge in [0.25, 0.3) is 5.91 Å². The second kappa shape index (κ2) is 7.55. The summed E-state index contributed by atoms with van der Waals surface area (Å²) < 4.78 is 10.6. The van der Waals surface area contributed by atoms with E-state index >= 15 is 0 Å². The van der Waals surface area contributed by atoms with Gasteiger partial charge in [-0.1, -0.05) is 29.8 Å². The van der Waals surface area contributed by atoms with Crippen molar-refractivity contribution >= 4 is 17.5 Å². The fraction of sp³-hybridized carbons (Fsp3) is 0.278. The second-order valence-electron chi connectivity index (χ2n) is 5.74. The van der Waals surface area contributed by atoms with Crippen molar-refractivity contribution in [1.82, 2.24) is 5.32 Å². The molecule has 1 heterocycles. The van der Waals surface area contributed by atoms with Crippen molar-refractivity contribution in [2.75, 3.05) is 13.3 Å². The van der Waals surface area contributed by atoms with Gasteiger partial charge in [-0.2, -0.15) is 0 Å². The van der Waals surface area contributed by atoms with Crippen LogP contribution in [0.1, 0.15) is 24.1 Å². The van der Waals surface area contributed by atoms with Crippen molar-refractivity contribution in [1.29, 1.82) is 0 Å². The van der Waals surface area contributed by atoms with E-state index in [-0.39, 0.29) is 18.7 Å². The lowest BCUT2D eigenvalue weighted by atomic mass is 10.1. The monoisotopic (exact) mass is 347 g/mol. The topological polar surface area (TPSA) is 64.2 Å². The highest BCUT2D eigenvalue weighted by atomic mass is 35.5. The molecule has 1 atom stereocenters. The molecule has 5 nitrogen and oxygen atoms in total. The third-order valence-electron chi connectivity index (χ3n) is 3.98. The Balaban J connectivity index is 1.45. The van der Waals surface area contributed by atoms with E-state index in [2.05, 4.69) is 12.2 Å². The summed E-state index contributed by atoms with van der Waals surface area (Å²) in [7, 11) is 0. The Morgan fingerprint density at radius 3 is 2.75 bits per heavy atom. The molecule has 3 rings (SSSR count). The number of hydrogen-bond acceptors (Lipinski definition) is 3. The average Bonchev–Trinajstić information content (AvgIpc) is 3.06. The summed E-state index contributed by atoms with van der Waals surface area (Å²) in [6, 6.07) is 13.6. The number of quaternary nitrogens is 1. The van der Waals surface area contributed by atoms with Gasteiger partial charge in [-0.15, -0.1) is 0 Å². The zero-order valence-electron chi connectivity index (χ0n) is 13.4.